The second kappa shape index (κ2) is 7.27. The quantitative estimate of drug-likeness (QED) is 0.508. The van der Waals surface area contributed by atoms with Gasteiger partial charge >= 0.3 is 5.97 Å². The van der Waals surface area contributed by atoms with Crippen LogP contribution in [0.15, 0.2) is 46.8 Å². The molecule has 2 heterocycles. The Kier molecular flexibility index (Phi) is 4.90. The first kappa shape index (κ1) is 16.2. The Bertz CT molecular complexity index is 916. The molecule has 24 heavy (non-hydrogen) atoms. The molecule has 0 aliphatic heterocycles. The molecule has 0 spiro atoms. The van der Waals surface area contributed by atoms with Crippen LogP contribution in [-0.4, -0.2) is 22.1 Å². The van der Waals surface area contributed by atoms with Gasteiger partial charge in [-0.25, -0.2) is 4.98 Å². The zero-order valence-corrected chi connectivity index (χ0v) is 13.9. The van der Waals surface area contributed by atoms with Crippen LogP contribution in [0.2, 0.25) is 0 Å². The van der Waals surface area contributed by atoms with E-state index >= 15 is 0 Å². The lowest BCUT2D eigenvalue weighted by Crippen LogP contribution is -2.22. The number of hydrogen-bond acceptors (Lipinski definition) is 6. The van der Waals surface area contributed by atoms with Crippen LogP contribution in [0.1, 0.15) is 13.3 Å². The molecule has 0 fully saturated rings. The molecule has 0 saturated heterocycles. The molecule has 124 valence electrons. The van der Waals surface area contributed by atoms with Crippen molar-refractivity contribution >= 4 is 27.5 Å². The molecule has 3 rings (SSSR count). The number of aromatic nitrogens is 2. The van der Waals surface area contributed by atoms with E-state index in [0.29, 0.717) is 28.3 Å². The van der Waals surface area contributed by atoms with Crippen molar-refractivity contribution in [2.24, 2.45) is 0 Å². The van der Waals surface area contributed by atoms with Crippen molar-refractivity contribution in [3.63, 3.8) is 0 Å². The van der Waals surface area contributed by atoms with Gasteiger partial charge in [-0.3, -0.25) is 14.2 Å². The van der Waals surface area contributed by atoms with E-state index in [9.17, 15) is 9.59 Å². The van der Waals surface area contributed by atoms with Crippen molar-refractivity contribution in [1.29, 1.82) is 0 Å². The molecule has 0 bridgehead atoms. The van der Waals surface area contributed by atoms with Crippen molar-refractivity contribution < 1.29 is 14.3 Å². The summed E-state index contributed by atoms with van der Waals surface area (Å²) in [5, 5.41) is 2.39. The molecular weight excluding hydrogens is 328 g/mol. The van der Waals surface area contributed by atoms with E-state index in [1.165, 1.54) is 22.2 Å². The molecular formula is C17H16N2O4S. The number of hydrogen-bond donors (Lipinski definition) is 0. The first-order chi connectivity index (χ1) is 11.7. The lowest BCUT2D eigenvalue weighted by atomic mass is 10.3. The average molecular weight is 344 g/mol. The number of nitrogens with zero attached hydrogens (tertiary/aromatic N) is 2. The van der Waals surface area contributed by atoms with E-state index in [-0.39, 0.29) is 18.5 Å². The Balaban J connectivity index is 1.67. The van der Waals surface area contributed by atoms with Crippen LogP contribution in [0.5, 0.6) is 11.5 Å². The van der Waals surface area contributed by atoms with Crippen molar-refractivity contribution in [1.82, 2.24) is 9.55 Å². The van der Waals surface area contributed by atoms with Gasteiger partial charge < -0.3 is 9.47 Å². The molecule has 6 nitrogen and oxygen atoms in total. The van der Waals surface area contributed by atoms with E-state index < -0.39 is 5.97 Å². The summed E-state index contributed by atoms with van der Waals surface area (Å²) in [6.07, 6.45) is 1.53. The van der Waals surface area contributed by atoms with Crippen LogP contribution in [-0.2, 0) is 11.3 Å². The van der Waals surface area contributed by atoms with Crippen molar-refractivity contribution in [2.45, 2.75) is 19.9 Å². The number of fused-ring (bicyclic) bond motifs is 1. The fourth-order valence-electron chi connectivity index (χ4n) is 2.25. The first-order valence-electron chi connectivity index (χ1n) is 7.54. The Labute approximate surface area is 142 Å². The number of rotatable bonds is 6. The SMILES string of the molecule is CCOc1ccccc1OC(=O)CCn1cnc2sccc2c1=O. The maximum absolute atomic E-state index is 12.3. The largest absolute Gasteiger partial charge is 0.490 e. The summed E-state index contributed by atoms with van der Waals surface area (Å²) in [5.41, 5.74) is -0.149. The minimum atomic E-state index is -0.431. The number of esters is 1. The molecule has 2 aromatic heterocycles. The Morgan fingerprint density at radius 2 is 2.04 bits per heavy atom. The van der Waals surface area contributed by atoms with E-state index in [0.717, 1.165) is 0 Å². The molecule has 0 N–H and O–H groups in total. The highest BCUT2D eigenvalue weighted by atomic mass is 32.1. The topological polar surface area (TPSA) is 70.4 Å². The summed E-state index contributed by atoms with van der Waals surface area (Å²) in [4.78, 5) is 29.2. The smallest absolute Gasteiger partial charge is 0.313 e. The highest BCUT2D eigenvalue weighted by molar-refractivity contribution is 7.16. The molecule has 0 aliphatic rings. The normalized spacial score (nSPS) is 10.7. The molecule has 7 heteroatoms. The molecule has 0 saturated carbocycles. The fourth-order valence-corrected chi connectivity index (χ4v) is 2.97. The number of thiophene rings is 1. The first-order valence-corrected chi connectivity index (χ1v) is 8.42. The highest BCUT2D eigenvalue weighted by Crippen LogP contribution is 2.26. The predicted molar refractivity (Wildman–Crippen MR) is 91.7 cm³/mol. The maximum atomic E-state index is 12.3. The number of aryl methyl sites for hydroxylation is 1. The minimum absolute atomic E-state index is 0.0672. The van der Waals surface area contributed by atoms with Crippen LogP contribution in [0.3, 0.4) is 0 Å². The van der Waals surface area contributed by atoms with Gasteiger partial charge in [-0.2, -0.15) is 0 Å². The van der Waals surface area contributed by atoms with Gasteiger partial charge in [0.25, 0.3) is 5.56 Å². The van der Waals surface area contributed by atoms with Gasteiger partial charge in [0.05, 0.1) is 24.7 Å². The summed E-state index contributed by atoms with van der Waals surface area (Å²) >= 11 is 1.41. The fraction of sp³-hybridized carbons (Fsp3) is 0.235. The summed E-state index contributed by atoms with van der Waals surface area (Å²) in [7, 11) is 0. The third kappa shape index (κ3) is 3.46. The van der Waals surface area contributed by atoms with Gasteiger partial charge in [0.1, 0.15) is 4.83 Å². The lowest BCUT2D eigenvalue weighted by molar-refractivity contribution is -0.134. The lowest BCUT2D eigenvalue weighted by Gasteiger charge is -2.10. The average Bonchev–Trinajstić information content (AvgIpc) is 3.06. The summed E-state index contributed by atoms with van der Waals surface area (Å²) in [6.45, 7) is 2.56. The van der Waals surface area contributed by atoms with Gasteiger partial charge in [0.2, 0.25) is 0 Å². The third-order valence-electron chi connectivity index (χ3n) is 3.38. The molecule has 0 unspecified atom stereocenters. The molecule has 0 aliphatic carbocycles. The Morgan fingerprint density at radius 3 is 2.83 bits per heavy atom. The predicted octanol–water partition coefficient (Wildman–Crippen LogP) is 2.85. The van der Waals surface area contributed by atoms with Gasteiger partial charge in [0, 0.05) is 6.54 Å². The van der Waals surface area contributed by atoms with Crippen molar-refractivity contribution in [3.8, 4) is 11.5 Å². The van der Waals surface area contributed by atoms with E-state index in [1.54, 1.807) is 24.3 Å². The monoisotopic (exact) mass is 344 g/mol. The van der Waals surface area contributed by atoms with Crippen LogP contribution in [0.4, 0.5) is 0 Å². The number of carbonyl (C=O) groups is 1. The Morgan fingerprint density at radius 1 is 1.25 bits per heavy atom. The van der Waals surface area contributed by atoms with Gasteiger partial charge in [-0.05, 0) is 30.5 Å². The second-order valence-corrected chi connectivity index (χ2v) is 5.88. The van der Waals surface area contributed by atoms with Crippen LogP contribution < -0.4 is 15.0 Å². The molecule has 0 radical (unpaired) electrons. The third-order valence-corrected chi connectivity index (χ3v) is 4.20. The van der Waals surface area contributed by atoms with E-state index in [4.69, 9.17) is 9.47 Å². The summed E-state index contributed by atoms with van der Waals surface area (Å²) in [5.74, 6) is 0.467. The zero-order valence-electron chi connectivity index (χ0n) is 13.1. The van der Waals surface area contributed by atoms with Gasteiger partial charge in [0.15, 0.2) is 11.5 Å². The molecule has 0 amide bonds. The van der Waals surface area contributed by atoms with Gasteiger partial charge in [-0.15, -0.1) is 11.3 Å². The van der Waals surface area contributed by atoms with Crippen molar-refractivity contribution in [2.75, 3.05) is 6.61 Å². The zero-order chi connectivity index (χ0) is 16.9. The van der Waals surface area contributed by atoms with E-state index in [1.807, 2.05) is 18.4 Å². The number of para-hydroxylation sites is 2. The number of carbonyl (C=O) groups excluding carboxylic acids is 1. The van der Waals surface area contributed by atoms with Crippen LogP contribution in [0, 0.1) is 0 Å². The van der Waals surface area contributed by atoms with Gasteiger partial charge in [-0.1, -0.05) is 12.1 Å². The minimum Gasteiger partial charge on any atom is -0.490 e. The summed E-state index contributed by atoms with van der Waals surface area (Å²) < 4.78 is 12.2. The standard InChI is InChI=1S/C17H16N2O4S/c1-2-22-13-5-3-4-6-14(13)23-15(20)7-9-19-11-18-16-12(17(19)21)8-10-24-16/h3-6,8,10-11H,2,7,9H2,1H3. The van der Waals surface area contributed by atoms with Crippen LogP contribution in [0.25, 0.3) is 10.2 Å². The Hall–Kier alpha value is -2.67. The molecule has 3 aromatic rings. The number of ether oxygens (including phenoxy) is 2. The van der Waals surface area contributed by atoms with E-state index in [2.05, 4.69) is 4.98 Å². The highest BCUT2D eigenvalue weighted by Gasteiger charge is 2.11. The molecule has 0 atom stereocenters. The van der Waals surface area contributed by atoms with Crippen molar-refractivity contribution in [3.05, 3.63) is 52.4 Å². The summed E-state index contributed by atoms with van der Waals surface area (Å²) in [6, 6.07) is 8.73. The van der Waals surface area contributed by atoms with Crippen LogP contribution >= 0.6 is 11.3 Å². The molecule has 1 aromatic carbocycles. The number of benzene rings is 1. The second-order valence-electron chi connectivity index (χ2n) is 4.99. The maximum Gasteiger partial charge on any atom is 0.313 e.